The number of rotatable bonds is 2. The molecule has 0 radical (unpaired) electrons. The van der Waals surface area contributed by atoms with Gasteiger partial charge >= 0.3 is 18.9 Å². The second-order valence-corrected chi connectivity index (χ2v) is 4.28. The van der Waals surface area contributed by atoms with E-state index in [0.29, 0.717) is 12.8 Å². The van der Waals surface area contributed by atoms with Crippen LogP contribution in [0.4, 0.5) is 8.78 Å². The van der Waals surface area contributed by atoms with Crippen LogP contribution in [0.2, 0.25) is 0 Å². The molecule has 1 fully saturated rings. The first-order chi connectivity index (χ1) is 5.81. The summed E-state index contributed by atoms with van der Waals surface area (Å²) in [6.45, 7) is 0. The van der Waals surface area contributed by atoms with E-state index in [1.165, 1.54) is 4.72 Å². The average molecular weight is 221 g/mol. The van der Waals surface area contributed by atoms with E-state index in [9.17, 15) is 21.8 Å². The van der Waals surface area contributed by atoms with Crippen molar-refractivity contribution in [3.05, 3.63) is 0 Å². The summed E-state index contributed by atoms with van der Waals surface area (Å²) in [6, 6.07) is -1.52. The van der Waals surface area contributed by atoms with Crippen LogP contribution >= 0.6 is 0 Å². The van der Waals surface area contributed by atoms with Crippen molar-refractivity contribution in [2.24, 2.45) is 0 Å². The van der Waals surface area contributed by atoms with Crippen LogP contribution in [-0.4, -0.2) is 24.9 Å². The van der Waals surface area contributed by atoms with Crippen LogP contribution in [0.3, 0.4) is 0 Å². The van der Waals surface area contributed by atoms with Crippen molar-refractivity contribution in [2.45, 2.75) is 37.6 Å². The Kier molecular flexibility index (Phi) is 5.02. The molecular weight excluding hydrogens is 211 g/mol. The van der Waals surface area contributed by atoms with Gasteiger partial charge in [-0.1, -0.05) is 6.42 Å². The predicted octanol–water partition coefficient (Wildman–Crippen LogP) is -2.38. The van der Waals surface area contributed by atoms with E-state index in [-0.39, 0.29) is 31.7 Å². The minimum absolute atomic E-state index is 0. The van der Waals surface area contributed by atoms with Gasteiger partial charge in [-0.3, -0.25) is 0 Å². The molecule has 0 aliphatic heterocycles. The van der Waals surface area contributed by atoms with Crippen LogP contribution in [0, 0.1) is 0 Å². The normalized spacial score (nSPS) is 26.6. The van der Waals surface area contributed by atoms with Crippen molar-refractivity contribution in [3.63, 3.8) is 0 Å². The number of halogens is 2. The summed E-state index contributed by atoms with van der Waals surface area (Å²) >= 11 is 0. The second kappa shape index (κ2) is 4.90. The molecule has 14 heavy (non-hydrogen) atoms. The third-order valence-corrected chi connectivity index (χ3v) is 2.62. The maximum atomic E-state index is 12.9. The summed E-state index contributed by atoms with van der Waals surface area (Å²) in [7, 11) is -4.77. The first kappa shape index (κ1) is 14.3. The van der Waals surface area contributed by atoms with Crippen molar-refractivity contribution >= 4 is 10.3 Å². The minimum Gasteiger partial charge on any atom is -0.735 e. The molecule has 1 aliphatic carbocycles. The van der Waals surface area contributed by atoms with E-state index in [1.807, 2.05) is 0 Å². The van der Waals surface area contributed by atoms with Crippen LogP contribution in [0.25, 0.3) is 0 Å². The average Bonchev–Trinajstić information content (AvgIpc) is 1.91. The maximum Gasteiger partial charge on any atom is 1.00 e. The van der Waals surface area contributed by atoms with Gasteiger partial charge in [0.25, 0.3) is 5.92 Å². The van der Waals surface area contributed by atoms with E-state index >= 15 is 0 Å². The quantitative estimate of drug-likeness (QED) is 0.418. The third kappa shape index (κ3) is 4.23. The predicted molar refractivity (Wildman–Crippen MR) is 40.0 cm³/mol. The van der Waals surface area contributed by atoms with E-state index in [4.69, 9.17) is 0 Å². The molecule has 1 rings (SSSR count). The van der Waals surface area contributed by atoms with Gasteiger partial charge in [0.2, 0.25) is 0 Å². The van der Waals surface area contributed by atoms with Gasteiger partial charge in [0.1, 0.15) is 0 Å². The number of alkyl halides is 2. The number of hydrogen-bond donors (Lipinski definition) is 1. The molecule has 0 saturated heterocycles. The van der Waals surface area contributed by atoms with E-state index in [2.05, 4.69) is 0 Å². The topological polar surface area (TPSA) is 69.2 Å². The molecule has 78 valence electrons. The first-order valence-electron chi connectivity index (χ1n) is 3.92. The Morgan fingerprint density at radius 3 is 2.36 bits per heavy atom. The van der Waals surface area contributed by atoms with Crippen molar-refractivity contribution in [3.8, 4) is 0 Å². The molecule has 0 amide bonds. The van der Waals surface area contributed by atoms with E-state index in [1.54, 1.807) is 0 Å². The fourth-order valence-electron chi connectivity index (χ4n) is 1.41. The molecule has 1 atom stereocenters. The van der Waals surface area contributed by atoms with E-state index < -0.39 is 22.3 Å². The van der Waals surface area contributed by atoms with Crippen LogP contribution < -0.4 is 23.6 Å². The molecule has 4 nitrogen and oxygen atoms in total. The van der Waals surface area contributed by atoms with Crippen molar-refractivity contribution in [1.82, 2.24) is 4.72 Å². The van der Waals surface area contributed by atoms with Gasteiger partial charge in [-0.15, -0.1) is 0 Å². The van der Waals surface area contributed by atoms with Crippen LogP contribution in [0.5, 0.6) is 0 Å². The van der Waals surface area contributed by atoms with E-state index in [0.717, 1.165) is 0 Å². The van der Waals surface area contributed by atoms with Gasteiger partial charge in [0, 0.05) is 6.42 Å². The largest absolute Gasteiger partial charge is 1.00 e. The Morgan fingerprint density at radius 1 is 1.36 bits per heavy atom. The summed E-state index contributed by atoms with van der Waals surface area (Å²) < 4.78 is 57.8. The minimum atomic E-state index is -4.77. The van der Waals surface area contributed by atoms with Gasteiger partial charge in [-0.2, -0.15) is 0 Å². The standard InChI is InChI=1S/C6H11F2NO3S.Li/c7-6(8)4-2-1-3-5(6)9-13(10,11)12;/h5,9H,1-4H2,(H,10,11,12);/q;+1/p-1. The monoisotopic (exact) mass is 221 g/mol. The zero-order valence-corrected chi connectivity index (χ0v) is 8.61. The smallest absolute Gasteiger partial charge is 0.735 e. The molecule has 0 heterocycles. The Labute approximate surface area is 93.5 Å². The maximum absolute atomic E-state index is 12.9. The molecule has 1 saturated carbocycles. The Bertz CT molecular complexity index is 283. The Morgan fingerprint density at radius 2 is 1.93 bits per heavy atom. The van der Waals surface area contributed by atoms with Crippen LogP contribution in [0.15, 0.2) is 0 Å². The molecule has 1 N–H and O–H groups in total. The van der Waals surface area contributed by atoms with Gasteiger partial charge in [-0.05, 0) is 12.8 Å². The first-order valence-corrected chi connectivity index (χ1v) is 5.33. The third-order valence-electron chi connectivity index (χ3n) is 2.05. The van der Waals surface area contributed by atoms with Gasteiger partial charge < -0.3 is 4.55 Å². The molecule has 1 unspecified atom stereocenters. The molecule has 0 bridgehead atoms. The molecule has 8 heteroatoms. The van der Waals surface area contributed by atoms with Crippen molar-refractivity contribution in [1.29, 1.82) is 0 Å². The summed E-state index contributed by atoms with van der Waals surface area (Å²) in [6.07, 6.45) is 0.543. The van der Waals surface area contributed by atoms with Crippen molar-refractivity contribution in [2.75, 3.05) is 0 Å². The Balaban J connectivity index is 0.00000169. The fraction of sp³-hybridized carbons (Fsp3) is 1.00. The molecular formula is C6H10F2LiNO3S. The second-order valence-electron chi connectivity index (χ2n) is 3.13. The zero-order valence-electron chi connectivity index (χ0n) is 7.79. The summed E-state index contributed by atoms with van der Waals surface area (Å²) in [5.41, 5.74) is 0. The van der Waals surface area contributed by atoms with Crippen LogP contribution in [0.1, 0.15) is 25.7 Å². The van der Waals surface area contributed by atoms with Crippen molar-refractivity contribution < 1.29 is 40.6 Å². The number of nitrogens with one attached hydrogen (secondary N) is 1. The molecule has 0 spiro atoms. The molecule has 0 aromatic rings. The number of hydrogen-bond acceptors (Lipinski definition) is 3. The summed E-state index contributed by atoms with van der Waals surface area (Å²) in [5, 5.41) is 0. The fourth-order valence-corrected chi connectivity index (χ4v) is 2.05. The SMILES string of the molecule is O=S(=O)([O-])NC1CCCCC1(F)F.[Li+]. The summed E-state index contributed by atoms with van der Waals surface area (Å²) in [5.74, 6) is -3.09. The molecule has 1 aliphatic rings. The Hall–Kier alpha value is 0.327. The van der Waals surface area contributed by atoms with Gasteiger partial charge in [0.05, 0.1) is 6.04 Å². The van der Waals surface area contributed by atoms with Gasteiger partial charge in [0.15, 0.2) is 10.3 Å². The molecule has 0 aromatic carbocycles. The zero-order chi connectivity index (χ0) is 10.1. The molecule has 0 aromatic heterocycles. The van der Waals surface area contributed by atoms with Gasteiger partial charge in [-0.25, -0.2) is 21.9 Å². The van der Waals surface area contributed by atoms with Crippen LogP contribution in [-0.2, 0) is 10.3 Å². The summed E-state index contributed by atoms with van der Waals surface area (Å²) in [4.78, 5) is 0.